The number of aliphatic hydroxyl groups is 1. The van der Waals surface area contributed by atoms with Crippen LogP contribution in [0.3, 0.4) is 0 Å². The molecular formula is C16H20N2O4. The molecular weight excluding hydrogens is 284 g/mol. The van der Waals surface area contributed by atoms with Gasteiger partial charge in [-0.15, -0.1) is 0 Å². The number of amides is 2. The first-order chi connectivity index (χ1) is 10.6. The normalized spacial score (nSPS) is 25.2. The fraction of sp³-hybridized carbons (Fsp3) is 0.500. The summed E-state index contributed by atoms with van der Waals surface area (Å²) in [5.74, 6) is 0.101. The summed E-state index contributed by atoms with van der Waals surface area (Å²) in [4.78, 5) is 24.9. The lowest BCUT2D eigenvalue weighted by molar-refractivity contribution is -0.157. The van der Waals surface area contributed by atoms with E-state index in [9.17, 15) is 14.7 Å². The van der Waals surface area contributed by atoms with Crippen molar-refractivity contribution in [2.75, 3.05) is 25.6 Å². The van der Waals surface area contributed by atoms with Crippen molar-refractivity contribution in [1.82, 2.24) is 4.90 Å². The number of carbonyl (C=O) groups excluding carboxylic acids is 2. The third-order valence-electron chi connectivity index (χ3n) is 4.27. The van der Waals surface area contributed by atoms with Crippen molar-refractivity contribution in [2.45, 2.75) is 25.0 Å². The van der Waals surface area contributed by atoms with Gasteiger partial charge in [0.2, 0.25) is 11.8 Å². The number of aliphatic hydroxyl groups excluding tert-OH is 1. The van der Waals surface area contributed by atoms with Gasteiger partial charge in [0, 0.05) is 18.7 Å². The zero-order chi connectivity index (χ0) is 15.7. The van der Waals surface area contributed by atoms with Crippen molar-refractivity contribution >= 4 is 17.5 Å². The second kappa shape index (κ2) is 6.06. The van der Waals surface area contributed by atoms with Crippen LogP contribution in [-0.4, -0.2) is 48.1 Å². The van der Waals surface area contributed by atoms with Crippen LogP contribution in [0.25, 0.3) is 0 Å². The van der Waals surface area contributed by atoms with Crippen LogP contribution >= 0.6 is 0 Å². The average molecular weight is 304 g/mol. The van der Waals surface area contributed by atoms with E-state index in [0.29, 0.717) is 0 Å². The largest absolute Gasteiger partial charge is 0.394 e. The molecule has 2 N–H and O–H groups in total. The first kappa shape index (κ1) is 15.0. The quantitative estimate of drug-likeness (QED) is 0.867. The molecule has 1 aliphatic carbocycles. The van der Waals surface area contributed by atoms with Gasteiger partial charge < -0.3 is 20.1 Å². The molecule has 1 aromatic carbocycles. The number of anilines is 1. The molecule has 3 rings (SSSR count). The van der Waals surface area contributed by atoms with Crippen molar-refractivity contribution in [2.24, 2.45) is 5.92 Å². The van der Waals surface area contributed by atoms with E-state index in [2.05, 4.69) is 5.32 Å². The molecule has 1 aromatic rings. The number of nitrogens with zero attached hydrogens (tertiary/aromatic N) is 1. The lowest BCUT2D eigenvalue weighted by atomic mass is 9.99. The molecule has 0 unspecified atom stereocenters. The van der Waals surface area contributed by atoms with E-state index in [0.717, 1.165) is 24.1 Å². The van der Waals surface area contributed by atoms with Gasteiger partial charge in [-0.2, -0.15) is 0 Å². The number of likely N-dealkylation sites (N-methyl/N-ethyl adjacent to an activating group) is 1. The molecule has 0 radical (unpaired) electrons. The Labute approximate surface area is 129 Å². The topological polar surface area (TPSA) is 78.9 Å². The van der Waals surface area contributed by atoms with E-state index in [-0.39, 0.29) is 37.0 Å². The highest BCUT2D eigenvalue weighted by atomic mass is 16.5. The van der Waals surface area contributed by atoms with Crippen molar-refractivity contribution in [1.29, 1.82) is 0 Å². The van der Waals surface area contributed by atoms with E-state index in [1.165, 1.54) is 4.90 Å². The molecule has 1 heterocycles. The molecule has 2 aliphatic rings. The van der Waals surface area contributed by atoms with E-state index >= 15 is 0 Å². The third kappa shape index (κ3) is 2.98. The van der Waals surface area contributed by atoms with E-state index in [1.54, 1.807) is 7.05 Å². The standard InChI is InChI=1S/C16H20N2O4/c1-18-13(8-19)15(22-9-14(18)20)10-4-6-12(7-5-10)17-16(21)11-2-3-11/h4-7,11,13,15,19H,2-3,8-9H2,1H3,(H,17,21)/t13-,15-/m1/s1. The first-order valence-electron chi connectivity index (χ1n) is 7.49. The Bertz CT molecular complexity index is 568. The Kier molecular flexibility index (Phi) is 4.13. The maximum Gasteiger partial charge on any atom is 0.248 e. The van der Waals surface area contributed by atoms with Crippen LogP contribution in [0.5, 0.6) is 0 Å². The third-order valence-corrected chi connectivity index (χ3v) is 4.27. The number of morpholine rings is 1. The van der Waals surface area contributed by atoms with Gasteiger partial charge in [0.05, 0.1) is 12.6 Å². The van der Waals surface area contributed by atoms with Gasteiger partial charge in [-0.1, -0.05) is 12.1 Å². The molecule has 22 heavy (non-hydrogen) atoms. The fourth-order valence-electron chi connectivity index (χ4n) is 2.64. The first-order valence-corrected chi connectivity index (χ1v) is 7.49. The van der Waals surface area contributed by atoms with Crippen LogP contribution in [-0.2, 0) is 14.3 Å². The molecule has 2 atom stereocenters. The molecule has 0 bridgehead atoms. The van der Waals surface area contributed by atoms with E-state index < -0.39 is 6.04 Å². The van der Waals surface area contributed by atoms with Gasteiger partial charge in [-0.3, -0.25) is 9.59 Å². The number of benzene rings is 1. The summed E-state index contributed by atoms with van der Waals surface area (Å²) < 4.78 is 5.58. The van der Waals surface area contributed by atoms with Crippen LogP contribution < -0.4 is 5.32 Å². The van der Waals surface area contributed by atoms with Crippen molar-refractivity contribution < 1.29 is 19.4 Å². The monoisotopic (exact) mass is 304 g/mol. The molecule has 1 saturated carbocycles. The SMILES string of the molecule is CN1C(=O)CO[C@H](c2ccc(NC(=O)C3CC3)cc2)[C@H]1CO. The van der Waals surface area contributed by atoms with Gasteiger partial charge in [0.15, 0.2) is 0 Å². The molecule has 118 valence electrons. The maximum atomic E-state index is 11.7. The number of rotatable bonds is 4. The Morgan fingerprint density at radius 3 is 2.64 bits per heavy atom. The predicted octanol–water partition coefficient (Wildman–Crippen LogP) is 0.926. The van der Waals surface area contributed by atoms with Gasteiger partial charge >= 0.3 is 0 Å². The second-order valence-electron chi connectivity index (χ2n) is 5.87. The minimum atomic E-state index is -0.395. The summed E-state index contributed by atoms with van der Waals surface area (Å²) >= 11 is 0. The predicted molar refractivity (Wildman–Crippen MR) is 80.1 cm³/mol. The van der Waals surface area contributed by atoms with Gasteiger partial charge in [0.25, 0.3) is 0 Å². The molecule has 2 amide bonds. The number of carbonyl (C=O) groups is 2. The molecule has 1 aliphatic heterocycles. The second-order valence-corrected chi connectivity index (χ2v) is 5.87. The van der Waals surface area contributed by atoms with E-state index in [4.69, 9.17) is 4.74 Å². The number of ether oxygens (including phenoxy) is 1. The smallest absolute Gasteiger partial charge is 0.248 e. The molecule has 2 fully saturated rings. The zero-order valence-electron chi connectivity index (χ0n) is 12.5. The van der Waals surface area contributed by atoms with Gasteiger partial charge in [-0.25, -0.2) is 0 Å². The summed E-state index contributed by atoms with van der Waals surface area (Å²) in [6, 6.07) is 6.97. The minimum Gasteiger partial charge on any atom is -0.394 e. The maximum absolute atomic E-state index is 11.7. The molecule has 1 saturated heterocycles. The van der Waals surface area contributed by atoms with Crippen LogP contribution in [0.15, 0.2) is 24.3 Å². The van der Waals surface area contributed by atoms with Crippen LogP contribution in [0.4, 0.5) is 5.69 Å². The number of hydrogen-bond donors (Lipinski definition) is 2. The minimum absolute atomic E-state index is 0.0117. The highest BCUT2D eigenvalue weighted by molar-refractivity contribution is 5.94. The summed E-state index contributed by atoms with van der Waals surface area (Å²) in [5, 5.41) is 12.4. The van der Waals surface area contributed by atoms with E-state index in [1.807, 2.05) is 24.3 Å². The van der Waals surface area contributed by atoms with Crippen LogP contribution in [0, 0.1) is 5.92 Å². The van der Waals surface area contributed by atoms with Gasteiger partial charge in [0.1, 0.15) is 12.7 Å². The molecule has 6 nitrogen and oxygen atoms in total. The number of nitrogens with one attached hydrogen (secondary N) is 1. The van der Waals surface area contributed by atoms with Crippen molar-refractivity contribution in [3.63, 3.8) is 0 Å². The van der Waals surface area contributed by atoms with Crippen molar-refractivity contribution in [3.8, 4) is 0 Å². The Morgan fingerprint density at radius 2 is 2.05 bits per heavy atom. The zero-order valence-corrected chi connectivity index (χ0v) is 12.5. The molecule has 0 aromatic heterocycles. The van der Waals surface area contributed by atoms with Crippen LogP contribution in [0.1, 0.15) is 24.5 Å². The highest BCUT2D eigenvalue weighted by Gasteiger charge is 2.35. The van der Waals surface area contributed by atoms with Crippen LogP contribution in [0.2, 0.25) is 0 Å². The average Bonchev–Trinajstić information content (AvgIpc) is 3.35. The molecule has 6 heteroatoms. The summed E-state index contributed by atoms with van der Waals surface area (Å²) in [6.07, 6.45) is 1.58. The van der Waals surface area contributed by atoms with Crippen molar-refractivity contribution in [3.05, 3.63) is 29.8 Å². The lowest BCUT2D eigenvalue weighted by Gasteiger charge is -2.38. The number of hydrogen-bond acceptors (Lipinski definition) is 4. The summed E-state index contributed by atoms with van der Waals surface area (Å²) in [7, 11) is 1.67. The highest BCUT2D eigenvalue weighted by Crippen LogP contribution is 2.31. The molecule has 0 spiro atoms. The fourth-order valence-corrected chi connectivity index (χ4v) is 2.64. The lowest BCUT2D eigenvalue weighted by Crippen LogP contribution is -2.50. The Hall–Kier alpha value is -1.92. The summed E-state index contributed by atoms with van der Waals surface area (Å²) in [5.41, 5.74) is 1.63. The Morgan fingerprint density at radius 1 is 1.36 bits per heavy atom. The summed E-state index contributed by atoms with van der Waals surface area (Å²) in [6.45, 7) is -0.148. The van der Waals surface area contributed by atoms with Gasteiger partial charge in [-0.05, 0) is 30.5 Å². The Balaban J connectivity index is 1.71.